The fourth-order valence-electron chi connectivity index (χ4n) is 0. The molecule has 0 fully saturated rings. The third kappa shape index (κ3) is 36.1. The van der Waals surface area contributed by atoms with E-state index in [-0.39, 0.29) is 161 Å². The van der Waals surface area contributed by atoms with Gasteiger partial charge < -0.3 is 5.71 Å². The number of hydrogen-bond donors (Lipinski definition) is 0. The van der Waals surface area contributed by atoms with Crippen molar-refractivity contribution in [3.05, 3.63) is 0 Å². The van der Waals surface area contributed by atoms with Gasteiger partial charge in [-0.2, -0.15) is 0 Å². The molecule has 0 N–H and O–H groups in total. The zero-order valence-electron chi connectivity index (χ0n) is 9.22. The maximum absolute atomic E-state index is 0. The van der Waals surface area contributed by atoms with Gasteiger partial charge in [0.05, 0.1) is 0 Å². The first-order valence-electron chi connectivity index (χ1n) is 0. The monoisotopic (exact) mass is 204 g/mol. The first-order valence-corrected chi connectivity index (χ1v) is 0. The summed E-state index contributed by atoms with van der Waals surface area (Å²) in [5, 5.41) is 0. The summed E-state index contributed by atoms with van der Waals surface area (Å²) >= 11 is 0. The van der Waals surface area contributed by atoms with Gasteiger partial charge >= 0.3 is 118 Å². The summed E-state index contributed by atoms with van der Waals surface area (Å²) in [7, 11) is 0. The molecule has 0 aliphatic carbocycles. The Morgan fingerprint density at radius 3 is 0.429 bits per heavy atom. The van der Waals surface area contributed by atoms with Crippen LogP contribution in [0.3, 0.4) is 0 Å². The summed E-state index contributed by atoms with van der Waals surface area (Å²) in [5.74, 6) is 0. The van der Waals surface area contributed by atoms with Crippen LogP contribution in [-0.2, 0) is 0 Å². The van der Waals surface area contributed by atoms with Crippen LogP contribution in [-0.4, -0.2) is 0 Å². The van der Waals surface area contributed by atoms with Crippen LogP contribution < -0.4 is 118 Å². The molecular weight excluding hydrogens is 198 g/mol. The van der Waals surface area contributed by atoms with Crippen molar-refractivity contribution in [3.63, 3.8) is 0 Å². The normalized spacial score (nSPS) is 0. The first-order chi connectivity index (χ1) is 0. The van der Waals surface area contributed by atoms with Gasteiger partial charge in [-0.05, 0) is 0 Å². The molecule has 0 rings (SSSR count). The van der Waals surface area contributed by atoms with E-state index < -0.39 is 0 Å². The molecule has 0 saturated carbocycles. The molecule has 0 aromatic heterocycles. The number of halogens is 3. The molecule has 0 aliphatic rings. The Balaban J connectivity index is 0. The fourth-order valence-corrected chi connectivity index (χ4v) is 0. The van der Waals surface area contributed by atoms with Gasteiger partial charge in [-0.15, -0.1) is 37.2 Å². The van der Waals surface area contributed by atoms with Gasteiger partial charge in [0.1, 0.15) is 0 Å². The Kier molecular flexibility index (Phi) is 377. The summed E-state index contributed by atoms with van der Waals surface area (Å²) in [6.07, 6.45) is 0. The Morgan fingerprint density at radius 1 is 0.429 bits per heavy atom. The maximum atomic E-state index is 0. The fraction of sp³-hybridized carbons (Fsp3) is 0. The minimum atomic E-state index is 0. The molecule has 0 aliphatic heterocycles. The number of hydrogen-bond acceptors (Lipinski definition) is 0. The second-order valence-electron chi connectivity index (χ2n) is 0. The van der Waals surface area contributed by atoms with Crippen LogP contribution >= 0.6 is 37.2 Å². The molecule has 7 heteroatoms. The first kappa shape index (κ1) is 59.1. The molecule has 7 heavy (non-hydrogen) atoms. The molecule has 0 atom stereocenters. The van der Waals surface area contributed by atoms with Crippen LogP contribution in [0, 0.1) is 0 Å². The molecule has 0 saturated heterocycles. The summed E-state index contributed by atoms with van der Waals surface area (Å²) in [5.41, 5.74) is 0. The molecule has 0 aromatic rings. The second-order valence-corrected chi connectivity index (χ2v) is 0. The average molecular weight is 205 g/mol. The molecule has 0 aromatic carbocycles. The predicted octanol–water partition coefficient (Wildman–Crippen LogP) is -10.3. The Hall–Kier alpha value is 4.87. The van der Waals surface area contributed by atoms with Gasteiger partial charge in [0, 0.05) is 0 Å². The molecule has 0 nitrogen and oxygen atoms in total. The van der Waals surface area contributed by atoms with E-state index >= 15 is 0 Å². The molecule has 0 unspecified atom stereocenters. The van der Waals surface area contributed by atoms with Crippen molar-refractivity contribution in [2.45, 2.75) is 0 Å². The molecule has 0 spiro atoms. The van der Waals surface area contributed by atoms with Crippen molar-refractivity contribution >= 4 is 37.2 Å². The van der Waals surface area contributed by atoms with E-state index in [9.17, 15) is 0 Å². The predicted molar refractivity (Wildman–Crippen MR) is 26.2 cm³/mol. The molecular formula is H7Cl3Na4. The Morgan fingerprint density at radius 2 is 0.429 bits per heavy atom. The SMILES string of the molecule is Cl.Cl.Cl.[H-].[H-].[H-].[H-].[Na+].[Na+].[Na+].[Na+]. The number of rotatable bonds is 0. The Bertz CT molecular complexity index is 17.3. The average Bonchev–Trinajstić information content (AvgIpc) is 0. The van der Waals surface area contributed by atoms with Gasteiger partial charge in [0.15, 0.2) is 0 Å². The van der Waals surface area contributed by atoms with E-state index in [1.165, 1.54) is 0 Å². The van der Waals surface area contributed by atoms with Crippen LogP contribution in [0.4, 0.5) is 0 Å². The minimum absolute atomic E-state index is 0. The van der Waals surface area contributed by atoms with Crippen molar-refractivity contribution in [1.82, 2.24) is 0 Å². The topological polar surface area (TPSA) is 0 Å². The summed E-state index contributed by atoms with van der Waals surface area (Å²) in [6.45, 7) is 0. The van der Waals surface area contributed by atoms with E-state index in [4.69, 9.17) is 0 Å². The van der Waals surface area contributed by atoms with Gasteiger partial charge in [0.25, 0.3) is 0 Å². The third-order valence-corrected chi connectivity index (χ3v) is 0. The summed E-state index contributed by atoms with van der Waals surface area (Å²) in [4.78, 5) is 0. The van der Waals surface area contributed by atoms with Crippen molar-refractivity contribution < 1.29 is 124 Å². The third-order valence-electron chi connectivity index (χ3n) is 0. The van der Waals surface area contributed by atoms with Crippen molar-refractivity contribution in [2.24, 2.45) is 0 Å². The molecule has 0 heterocycles. The summed E-state index contributed by atoms with van der Waals surface area (Å²) in [6, 6.07) is 0. The zero-order chi connectivity index (χ0) is 0. The molecule has 0 radical (unpaired) electrons. The van der Waals surface area contributed by atoms with Gasteiger partial charge in [-0.25, -0.2) is 0 Å². The van der Waals surface area contributed by atoms with Crippen molar-refractivity contribution in [3.8, 4) is 0 Å². The maximum Gasteiger partial charge on any atom is 1.00 e. The smallest absolute Gasteiger partial charge is 1.00 e. The Labute approximate surface area is 157 Å². The van der Waals surface area contributed by atoms with Crippen LogP contribution in [0.2, 0.25) is 0 Å². The largest absolute Gasteiger partial charge is 1.00 e. The standard InChI is InChI=1S/3ClH.4Na.4H/h3*1H;;;;;;;;/q;;;4*+1;4*-1. The van der Waals surface area contributed by atoms with Crippen molar-refractivity contribution in [2.75, 3.05) is 0 Å². The van der Waals surface area contributed by atoms with Crippen LogP contribution in [0.25, 0.3) is 0 Å². The van der Waals surface area contributed by atoms with Crippen LogP contribution in [0.15, 0.2) is 0 Å². The van der Waals surface area contributed by atoms with Crippen molar-refractivity contribution in [1.29, 1.82) is 0 Å². The molecule has 0 amide bonds. The van der Waals surface area contributed by atoms with E-state index in [0.29, 0.717) is 0 Å². The van der Waals surface area contributed by atoms with E-state index in [0.717, 1.165) is 0 Å². The zero-order valence-corrected chi connectivity index (χ0v) is 15.7. The van der Waals surface area contributed by atoms with Gasteiger partial charge in [0.2, 0.25) is 0 Å². The van der Waals surface area contributed by atoms with Crippen LogP contribution in [0.1, 0.15) is 5.71 Å². The van der Waals surface area contributed by atoms with Gasteiger partial charge in [-0.1, -0.05) is 0 Å². The molecule has 0 bridgehead atoms. The second kappa shape index (κ2) is 44.6. The quantitative estimate of drug-likeness (QED) is 0.345. The minimum Gasteiger partial charge on any atom is -1.00 e. The van der Waals surface area contributed by atoms with Crippen LogP contribution in [0.5, 0.6) is 0 Å². The van der Waals surface area contributed by atoms with E-state index in [1.807, 2.05) is 0 Å². The summed E-state index contributed by atoms with van der Waals surface area (Å²) < 4.78 is 0. The molecule has 32 valence electrons. The van der Waals surface area contributed by atoms with E-state index in [2.05, 4.69) is 0 Å². The van der Waals surface area contributed by atoms with E-state index in [1.54, 1.807) is 0 Å². The van der Waals surface area contributed by atoms with Gasteiger partial charge in [-0.3, -0.25) is 0 Å².